The minimum atomic E-state index is -1.80. The zero-order valence-electron chi connectivity index (χ0n) is 42.0. The number of phenols is 2. The highest BCUT2D eigenvalue weighted by atomic mass is 32.2. The van der Waals surface area contributed by atoms with Crippen LogP contribution in [0.3, 0.4) is 0 Å². The molecule has 388 valence electrons. The van der Waals surface area contributed by atoms with Gasteiger partial charge in [0.05, 0.1) is 11.2 Å². The van der Waals surface area contributed by atoms with E-state index in [1.165, 1.54) is 36.4 Å². The number of aromatic hydroxyl groups is 2. The van der Waals surface area contributed by atoms with E-state index in [-0.39, 0.29) is 69.7 Å². The molecule has 4 heterocycles. The highest BCUT2D eigenvalue weighted by Gasteiger charge is 2.65. The van der Waals surface area contributed by atoms with Gasteiger partial charge < -0.3 is 31.1 Å². The molecule has 13 heteroatoms. The Morgan fingerprint density at radius 2 is 1.03 bits per heavy atom. The van der Waals surface area contributed by atoms with Gasteiger partial charge in [0, 0.05) is 93.2 Å². The summed E-state index contributed by atoms with van der Waals surface area (Å²) in [4.78, 5) is 48.4. The highest BCUT2D eigenvalue weighted by molar-refractivity contribution is 7.99. The first-order valence-corrected chi connectivity index (χ1v) is 28.5. The van der Waals surface area contributed by atoms with Crippen LogP contribution in [-0.2, 0) is 15.6 Å². The molecule has 0 bridgehead atoms. The molecule has 0 aromatic heterocycles. The first-order chi connectivity index (χ1) is 35.7. The Morgan fingerprint density at radius 1 is 0.608 bits per heavy atom. The number of phenolic OH excluding ortho intramolecular Hbond substituents is 2. The number of nitrogens with one attached hydrogen (secondary N) is 2. The van der Waals surface area contributed by atoms with Crippen LogP contribution >= 0.6 is 23.5 Å². The monoisotopic (exact) mass is 1040 g/mol. The van der Waals surface area contributed by atoms with E-state index in [9.17, 15) is 20.4 Å². The minimum absolute atomic E-state index is 0.0959. The summed E-state index contributed by atoms with van der Waals surface area (Å²) in [6, 6.07) is 22.1. The molecule has 2 aliphatic carbocycles. The largest absolute Gasteiger partial charge is 0.508 e. The summed E-state index contributed by atoms with van der Waals surface area (Å²) < 4.78 is 33.0. The Kier molecular flexibility index (Phi) is 14.9. The normalized spacial score (nSPS) is 32.3. The molecule has 74 heavy (non-hydrogen) atoms. The highest BCUT2D eigenvalue weighted by Crippen LogP contribution is 2.62. The topological polar surface area (TPSA) is 156 Å². The number of carbonyl (C=O) groups is 3. The van der Waals surface area contributed by atoms with E-state index in [1.54, 1.807) is 110 Å². The number of hydrogen-bond acceptors (Lipinski definition) is 11. The van der Waals surface area contributed by atoms with Crippen molar-refractivity contribution in [1.82, 2.24) is 10.6 Å². The van der Waals surface area contributed by atoms with Crippen LogP contribution in [-0.4, -0.2) is 98.2 Å². The summed E-state index contributed by atoms with van der Waals surface area (Å²) in [5, 5.41) is 56.8. The van der Waals surface area contributed by atoms with Crippen molar-refractivity contribution >= 4 is 40.9 Å². The van der Waals surface area contributed by atoms with Gasteiger partial charge >= 0.3 is 0 Å². The number of ketones is 3. The summed E-state index contributed by atoms with van der Waals surface area (Å²) in [5.74, 6) is -5.91. The third-order valence-electron chi connectivity index (χ3n) is 17.8. The maximum Gasteiger partial charge on any atom is 0.185 e. The second-order valence-electron chi connectivity index (χ2n) is 21.5. The van der Waals surface area contributed by atoms with Crippen LogP contribution in [0.25, 0.3) is 0 Å². The van der Waals surface area contributed by atoms with Crippen LogP contribution in [0.1, 0.15) is 81.5 Å². The van der Waals surface area contributed by atoms with Crippen molar-refractivity contribution in [3.8, 4) is 11.5 Å². The first kappa shape index (κ1) is 52.3. The number of carbonyl (C=O) groups excluding carboxylic acids is 3. The molecule has 4 aromatic rings. The van der Waals surface area contributed by atoms with Gasteiger partial charge in [0.15, 0.2) is 17.3 Å². The van der Waals surface area contributed by atoms with Gasteiger partial charge in [-0.15, -0.1) is 0 Å². The van der Waals surface area contributed by atoms with Gasteiger partial charge in [-0.1, -0.05) is 85.0 Å². The third-order valence-corrected chi connectivity index (χ3v) is 20.0. The zero-order valence-corrected chi connectivity index (χ0v) is 43.6. The summed E-state index contributed by atoms with van der Waals surface area (Å²) in [6.45, 7) is 5.63. The molecule has 9 nitrogen and oxygen atoms in total. The maximum absolute atomic E-state index is 17.2. The van der Waals surface area contributed by atoms with Crippen molar-refractivity contribution < 1.29 is 43.6 Å². The van der Waals surface area contributed by atoms with Gasteiger partial charge in [-0.3, -0.25) is 14.4 Å². The van der Waals surface area contributed by atoms with Crippen LogP contribution in [0.5, 0.6) is 11.5 Å². The number of allylic oxidation sites excluding steroid dienone is 4. The summed E-state index contributed by atoms with van der Waals surface area (Å²) in [6.07, 6.45) is 13.6. The van der Waals surface area contributed by atoms with E-state index in [4.69, 9.17) is 0 Å². The Bertz CT molecular complexity index is 2770. The molecule has 0 spiro atoms. The molecule has 4 fully saturated rings. The second kappa shape index (κ2) is 21.1. The molecular formula is C61H66F2N2O7S2. The summed E-state index contributed by atoms with van der Waals surface area (Å²) in [5.41, 5.74) is -4.01. The molecule has 0 amide bonds. The van der Waals surface area contributed by atoms with Gasteiger partial charge in [0.1, 0.15) is 23.1 Å². The molecule has 0 radical (unpaired) electrons. The zero-order chi connectivity index (χ0) is 52.0. The number of Topliss-reactive ketones (excluding diaryl/α,β-unsaturated/α-hetero) is 3. The Labute approximate surface area is 441 Å². The first-order valence-electron chi connectivity index (χ1n) is 26.2. The third kappa shape index (κ3) is 8.86. The average molecular weight is 1040 g/mol. The van der Waals surface area contributed by atoms with E-state index >= 15 is 23.2 Å². The Hall–Kier alpha value is -5.15. The minimum Gasteiger partial charge on any atom is -0.508 e. The van der Waals surface area contributed by atoms with Crippen molar-refractivity contribution in [3.05, 3.63) is 178 Å². The van der Waals surface area contributed by atoms with E-state index in [1.807, 2.05) is 12.1 Å². The number of halogens is 2. The molecule has 4 aliphatic heterocycles. The predicted octanol–water partition coefficient (Wildman–Crippen LogP) is 9.70. The molecule has 6 N–H and O–H groups in total. The average Bonchev–Trinajstić information content (AvgIpc) is 3.45. The Balaban J connectivity index is 1.25. The number of rotatable bonds is 12. The lowest BCUT2D eigenvalue weighted by Gasteiger charge is -2.59. The van der Waals surface area contributed by atoms with Gasteiger partial charge in [0.2, 0.25) is 0 Å². The fourth-order valence-corrected chi connectivity index (χ4v) is 17.1. The summed E-state index contributed by atoms with van der Waals surface area (Å²) >= 11 is 3.16. The molecule has 0 saturated carbocycles. The molecular weight excluding hydrogens is 975 g/mol. The Morgan fingerprint density at radius 3 is 1.42 bits per heavy atom. The number of thioether (sulfide) groups is 2. The van der Waals surface area contributed by atoms with Crippen LogP contribution in [0.2, 0.25) is 0 Å². The van der Waals surface area contributed by atoms with E-state index in [0.717, 1.165) is 25.9 Å². The van der Waals surface area contributed by atoms with Crippen molar-refractivity contribution in [3.63, 3.8) is 0 Å². The van der Waals surface area contributed by atoms with Gasteiger partial charge in [-0.2, -0.15) is 23.5 Å². The fourth-order valence-electron chi connectivity index (χ4n) is 14.4. The number of benzene rings is 4. The van der Waals surface area contributed by atoms with Gasteiger partial charge in [0.25, 0.3) is 0 Å². The van der Waals surface area contributed by atoms with Crippen molar-refractivity contribution in [2.75, 3.05) is 49.2 Å². The lowest BCUT2D eigenvalue weighted by atomic mass is 9.47. The van der Waals surface area contributed by atoms with Crippen molar-refractivity contribution in [2.24, 2.45) is 35.5 Å². The van der Waals surface area contributed by atoms with Crippen molar-refractivity contribution in [2.45, 2.75) is 74.4 Å². The van der Waals surface area contributed by atoms with E-state index < -0.39 is 75.0 Å². The fraction of sp³-hybridized carbons (Fsp3) is 0.426. The number of piperidine rings is 2. The molecule has 10 rings (SSSR count). The molecule has 4 saturated heterocycles. The van der Waals surface area contributed by atoms with Gasteiger partial charge in [-0.05, 0) is 136 Å². The quantitative estimate of drug-likeness (QED) is 0.0752. The molecule has 6 aliphatic rings. The van der Waals surface area contributed by atoms with Crippen molar-refractivity contribution in [1.29, 1.82) is 0 Å². The van der Waals surface area contributed by atoms with Gasteiger partial charge in [-0.25, -0.2) is 8.78 Å². The smallest absolute Gasteiger partial charge is 0.185 e. The van der Waals surface area contributed by atoms with E-state index in [2.05, 4.69) is 10.6 Å². The lowest BCUT2D eigenvalue weighted by Crippen LogP contribution is -2.64. The standard InChI is InChI=1S/C61H66F2N2O7S2/c1-37-47(19-5-21-51(37)62)58(25-29-73-35-49(58)53(68)39-11-3-15-43(66)31-39)56-45(17-7-23-60(56,71)41-13-9-27-64-33-41)55(70)46-18-8-24-61(72,42-14-10-28-65-34-42)57(46)59(48-20-6-22-52(63)38(48)2)26-30-74-36-50(59)54(69)40-12-4-16-44(67)32-40/h3-8,11-12,15-24,31-32,41-42,49-50,56-57,64-67,71-72H,9-10,13-14,25-30,33-36H2,1-2H3. The molecule has 10 atom stereocenters. The molecule has 10 unspecified atom stereocenters. The molecule has 4 aromatic carbocycles. The SMILES string of the molecule is Cc1c(F)cccc1C1(C2C(C(=O)C3=CC=CC(O)(C4CCCNC4)C3C3(c4cccc(F)c4C)CCSCC3C(=O)c3cccc(O)c3)=CC=CC2(O)C2CCCNC2)CCSCC1C(=O)c1cccc(O)c1. The van der Waals surface area contributed by atoms with Crippen LogP contribution < -0.4 is 10.6 Å². The van der Waals surface area contributed by atoms with Crippen LogP contribution in [0, 0.1) is 61.0 Å². The summed E-state index contributed by atoms with van der Waals surface area (Å²) in [7, 11) is 0. The van der Waals surface area contributed by atoms with Crippen LogP contribution in [0.4, 0.5) is 8.78 Å². The maximum atomic E-state index is 17.2. The van der Waals surface area contributed by atoms with Crippen LogP contribution in [0.15, 0.2) is 133 Å². The second-order valence-corrected chi connectivity index (χ2v) is 23.8. The predicted molar refractivity (Wildman–Crippen MR) is 289 cm³/mol. The lowest BCUT2D eigenvalue weighted by molar-refractivity contribution is -0.120. The van der Waals surface area contributed by atoms with E-state index in [0.29, 0.717) is 59.7 Å². The number of aliphatic hydroxyl groups is 2. The number of hydrogen-bond donors (Lipinski definition) is 6.